The topological polar surface area (TPSA) is 86.7 Å². The molecule has 0 unspecified atom stereocenters. The van der Waals surface area contributed by atoms with Gasteiger partial charge in [-0.1, -0.05) is 49.2 Å². The fraction of sp³-hybridized carbons (Fsp3) is 0.348. The molecule has 6 nitrogen and oxygen atoms in total. The predicted molar refractivity (Wildman–Crippen MR) is 121 cm³/mol. The molecule has 2 amide bonds. The van der Waals surface area contributed by atoms with E-state index < -0.39 is 35.6 Å². The van der Waals surface area contributed by atoms with Gasteiger partial charge in [-0.15, -0.1) is 0 Å². The molecule has 0 aliphatic carbocycles. The highest BCUT2D eigenvalue weighted by Gasteiger charge is 2.31. The van der Waals surface area contributed by atoms with E-state index in [1.165, 1.54) is 30.3 Å². The standard InChI is InChI=1S/C23H23Cl2F3N2O4/c1-13(2)11-19(22(33)34)29-30(21(32)17-12-16(24)8-9-18(17)25)20(31)10-5-14-3-6-15(7-4-14)23(26,27)28/h3-4,6-9,12-13,19,29H,5,10-11H2,1-2H3,(H,33,34)/t19-/m0/s1. The Morgan fingerprint density at radius 3 is 2.21 bits per heavy atom. The number of halogens is 5. The average molecular weight is 519 g/mol. The number of aryl methyl sites for hydroxylation is 1. The minimum Gasteiger partial charge on any atom is -0.480 e. The van der Waals surface area contributed by atoms with Crippen LogP contribution in [0.1, 0.15) is 48.2 Å². The fourth-order valence-electron chi connectivity index (χ4n) is 3.09. The van der Waals surface area contributed by atoms with E-state index in [2.05, 4.69) is 5.43 Å². The molecule has 0 spiro atoms. The van der Waals surface area contributed by atoms with Crippen LogP contribution in [0.5, 0.6) is 0 Å². The Morgan fingerprint density at radius 1 is 1.06 bits per heavy atom. The summed E-state index contributed by atoms with van der Waals surface area (Å²) in [7, 11) is 0. The molecule has 2 aromatic rings. The lowest BCUT2D eigenvalue weighted by atomic mass is 10.0. The summed E-state index contributed by atoms with van der Waals surface area (Å²) in [5.74, 6) is -3.02. The Balaban J connectivity index is 2.28. The van der Waals surface area contributed by atoms with Crippen molar-refractivity contribution < 1.29 is 32.7 Å². The summed E-state index contributed by atoms with van der Waals surface area (Å²) in [5, 5.41) is 10.3. The molecule has 0 fully saturated rings. The van der Waals surface area contributed by atoms with Gasteiger partial charge in [0.1, 0.15) is 6.04 Å². The summed E-state index contributed by atoms with van der Waals surface area (Å²) in [6, 6.07) is 7.09. The van der Waals surface area contributed by atoms with E-state index in [0.29, 0.717) is 10.6 Å². The van der Waals surface area contributed by atoms with Gasteiger partial charge in [0.15, 0.2) is 0 Å². The summed E-state index contributed by atoms with van der Waals surface area (Å²) in [6.07, 6.45) is -4.63. The van der Waals surface area contributed by atoms with Gasteiger partial charge in [-0.3, -0.25) is 14.4 Å². The van der Waals surface area contributed by atoms with Crippen LogP contribution < -0.4 is 5.43 Å². The first-order valence-electron chi connectivity index (χ1n) is 10.3. The smallest absolute Gasteiger partial charge is 0.416 e. The Morgan fingerprint density at radius 2 is 1.68 bits per heavy atom. The largest absolute Gasteiger partial charge is 0.480 e. The average Bonchev–Trinajstić information content (AvgIpc) is 2.75. The van der Waals surface area contributed by atoms with Crippen molar-refractivity contribution in [2.24, 2.45) is 5.92 Å². The highest BCUT2D eigenvalue weighted by molar-refractivity contribution is 6.36. The van der Waals surface area contributed by atoms with Crippen LogP contribution in [0.15, 0.2) is 42.5 Å². The number of nitrogens with zero attached hydrogens (tertiary/aromatic N) is 1. The number of aliphatic carboxylic acids is 1. The lowest BCUT2D eigenvalue weighted by Crippen LogP contribution is -2.54. The van der Waals surface area contributed by atoms with E-state index in [1.54, 1.807) is 13.8 Å². The third-order valence-electron chi connectivity index (χ3n) is 4.81. The lowest BCUT2D eigenvalue weighted by molar-refractivity contribution is -0.143. The molecule has 0 saturated carbocycles. The summed E-state index contributed by atoms with van der Waals surface area (Å²) in [4.78, 5) is 37.9. The van der Waals surface area contributed by atoms with Crippen molar-refractivity contribution in [2.45, 2.75) is 45.3 Å². The maximum atomic E-state index is 13.2. The lowest BCUT2D eigenvalue weighted by Gasteiger charge is -2.27. The number of benzene rings is 2. The molecule has 0 bridgehead atoms. The van der Waals surface area contributed by atoms with Crippen molar-refractivity contribution in [3.63, 3.8) is 0 Å². The summed E-state index contributed by atoms with van der Waals surface area (Å²) >= 11 is 12.0. The SMILES string of the molecule is CC(C)C[C@H](NN(C(=O)CCc1ccc(C(F)(F)F)cc1)C(=O)c1cc(Cl)ccc1Cl)C(=O)O. The van der Waals surface area contributed by atoms with Gasteiger partial charge < -0.3 is 5.11 Å². The number of rotatable bonds is 9. The third kappa shape index (κ3) is 7.72. The first-order chi connectivity index (χ1) is 15.8. The zero-order chi connectivity index (χ0) is 25.6. The number of hydrogen-bond donors (Lipinski definition) is 2. The number of hydrogen-bond acceptors (Lipinski definition) is 4. The summed E-state index contributed by atoms with van der Waals surface area (Å²) in [6.45, 7) is 3.56. The van der Waals surface area contributed by atoms with Gasteiger partial charge in [-0.05, 0) is 54.7 Å². The minimum absolute atomic E-state index is 0.00692. The van der Waals surface area contributed by atoms with E-state index in [0.717, 1.165) is 12.1 Å². The van der Waals surface area contributed by atoms with Crippen molar-refractivity contribution in [3.05, 3.63) is 69.2 Å². The predicted octanol–water partition coefficient (Wildman–Crippen LogP) is 5.62. The van der Waals surface area contributed by atoms with Gasteiger partial charge in [-0.25, -0.2) is 10.4 Å². The molecule has 0 saturated heterocycles. The number of hydrazine groups is 1. The number of carboxylic acid groups (broad SMARTS) is 1. The zero-order valence-corrected chi connectivity index (χ0v) is 19.8. The van der Waals surface area contributed by atoms with Crippen LogP contribution in [0.25, 0.3) is 0 Å². The van der Waals surface area contributed by atoms with Crippen LogP contribution in [0.4, 0.5) is 13.2 Å². The highest BCUT2D eigenvalue weighted by Crippen LogP contribution is 2.29. The molecule has 11 heteroatoms. The molecular weight excluding hydrogens is 496 g/mol. The van der Waals surface area contributed by atoms with Crippen molar-refractivity contribution in [1.29, 1.82) is 0 Å². The highest BCUT2D eigenvalue weighted by atomic mass is 35.5. The second-order valence-electron chi connectivity index (χ2n) is 8.00. The number of carbonyl (C=O) groups is 3. The molecule has 2 aromatic carbocycles. The number of amides is 2. The van der Waals surface area contributed by atoms with E-state index in [9.17, 15) is 32.7 Å². The van der Waals surface area contributed by atoms with Crippen LogP contribution in [-0.2, 0) is 22.2 Å². The molecular formula is C23H23Cl2F3N2O4. The second kappa shape index (κ2) is 11.7. The molecule has 0 radical (unpaired) electrons. The molecule has 0 aromatic heterocycles. The van der Waals surface area contributed by atoms with Crippen LogP contribution in [0, 0.1) is 5.92 Å². The minimum atomic E-state index is -4.49. The molecule has 0 aliphatic rings. The number of nitrogens with one attached hydrogen (secondary N) is 1. The molecule has 0 heterocycles. The van der Waals surface area contributed by atoms with Crippen LogP contribution in [-0.4, -0.2) is 33.9 Å². The maximum Gasteiger partial charge on any atom is 0.416 e. The Labute approximate surface area is 204 Å². The third-order valence-corrected chi connectivity index (χ3v) is 5.37. The van der Waals surface area contributed by atoms with E-state index in [1.807, 2.05) is 0 Å². The molecule has 1 atom stereocenters. The monoisotopic (exact) mass is 518 g/mol. The first kappa shape index (κ1) is 27.6. The normalized spacial score (nSPS) is 12.5. The van der Waals surface area contributed by atoms with Crippen LogP contribution in [0.2, 0.25) is 10.0 Å². The number of alkyl halides is 3. The summed E-state index contributed by atoms with van der Waals surface area (Å²) < 4.78 is 38.3. The van der Waals surface area contributed by atoms with Crippen molar-refractivity contribution in [2.75, 3.05) is 0 Å². The molecule has 184 valence electrons. The van der Waals surface area contributed by atoms with Gasteiger partial charge in [0.05, 0.1) is 16.1 Å². The van der Waals surface area contributed by atoms with Gasteiger partial charge in [-0.2, -0.15) is 13.2 Å². The van der Waals surface area contributed by atoms with Gasteiger partial charge >= 0.3 is 12.1 Å². The molecule has 2 N–H and O–H groups in total. The first-order valence-corrected chi connectivity index (χ1v) is 11.0. The van der Waals surface area contributed by atoms with Crippen molar-refractivity contribution >= 4 is 41.0 Å². The Bertz CT molecular complexity index is 1040. The van der Waals surface area contributed by atoms with Crippen LogP contribution >= 0.6 is 23.2 Å². The van der Waals surface area contributed by atoms with E-state index >= 15 is 0 Å². The second-order valence-corrected chi connectivity index (χ2v) is 8.85. The molecule has 0 aliphatic heterocycles. The maximum absolute atomic E-state index is 13.2. The number of imide groups is 1. The quantitative estimate of drug-likeness (QED) is 0.421. The van der Waals surface area contributed by atoms with Crippen molar-refractivity contribution in [3.8, 4) is 0 Å². The summed E-state index contributed by atoms with van der Waals surface area (Å²) in [5.41, 5.74) is 1.98. The number of carboxylic acids is 1. The molecule has 2 rings (SSSR count). The van der Waals surface area contributed by atoms with E-state index in [-0.39, 0.29) is 40.8 Å². The number of carbonyl (C=O) groups excluding carboxylic acids is 2. The van der Waals surface area contributed by atoms with Crippen LogP contribution in [0.3, 0.4) is 0 Å². The van der Waals surface area contributed by atoms with Gasteiger partial charge in [0.2, 0.25) is 5.91 Å². The van der Waals surface area contributed by atoms with Gasteiger partial charge in [0, 0.05) is 11.4 Å². The van der Waals surface area contributed by atoms with E-state index in [4.69, 9.17) is 23.2 Å². The Kier molecular flexibility index (Phi) is 9.49. The van der Waals surface area contributed by atoms with Crippen molar-refractivity contribution in [1.82, 2.24) is 10.4 Å². The molecule has 34 heavy (non-hydrogen) atoms. The van der Waals surface area contributed by atoms with Gasteiger partial charge in [0.25, 0.3) is 5.91 Å². The Hall–Kier alpha value is -2.62. The fourth-order valence-corrected chi connectivity index (χ4v) is 3.46. The zero-order valence-electron chi connectivity index (χ0n) is 18.3.